The second-order valence-corrected chi connectivity index (χ2v) is 5.41. The van der Waals surface area contributed by atoms with Gasteiger partial charge >= 0.3 is 0 Å². The van der Waals surface area contributed by atoms with E-state index in [2.05, 4.69) is 10.6 Å². The lowest BCUT2D eigenvalue weighted by Gasteiger charge is -2.19. The van der Waals surface area contributed by atoms with Crippen LogP contribution < -0.4 is 10.6 Å². The summed E-state index contributed by atoms with van der Waals surface area (Å²) in [5.41, 5.74) is -0.0837. The van der Waals surface area contributed by atoms with Crippen molar-refractivity contribution < 1.29 is 9.53 Å². The summed E-state index contributed by atoms with van der Waals surface area (Å²) in [5, 5.41) is 14.7. The zero-order valence-electron chi connectivity index (χ0n) is 11.2. The first-order chi connectivity index (χ1) is 8.42. The van der Waals surface area contributed by atoms with Crippen LogP contribution in [0.2, 0.25) is 0 Å². The van der Waals surface area contributed by atoms with E-state index >= 15 is 0 Å². The van der Waals surface area contributed by atoms with Crippen molar-refractivity contribution in [3.05, 3.63) is 11.8 Å². The monoisotopic (exact) mass is 251 g/mol. The summed E-state index contributed by atoms with van der Waals surface area (Å²) in [5.74, 6) is -0.357. The van der Waals surface area contributed by atoms with Crippen LogP contribution >= 0.6 is 0 Å². The maximum atomic E-state index is 11.8. The average Bonchev–Trinajstić information content (AvgIpc) is 2.78. The van der Waals surface area contributed by atoms with Crippen LogP contribution in [-0.2, 0) is 9.53 Å². The third kappa shape index (κ3) is 5.19. The van der Waals surface area contributed by atoms with E-state index in [9.17, 15) is 4.79 Å². The maximum Gasteiger partial charge on any atom is 0.263 e. The van der Waals surface area contributed by atoms with Gasteiger partial charge in [-0.05, 0) is 33.6 Å². The molecule has 0 saturated carbocycles. The number of ether oxygens (including phenoxy) is 1. The maximum absolute atomic E-state index is 11.8. The molecule has 0 aromatic heterocycles. The predicted molar refractivity (Wildman–Crippen MR) is 68.6 cm³/mol. The van der Waals surface area contributed by atoms with Gasteiger partial charge in [-0.15, -0.1) is 0 Å². The summed E-state index contributed by atoms with van der Waals surface area (Å²) in [7, 11) is 0. The Kier molecular flexibility index (Phi) is 5.17. The second kappa shape index (κ2) is 6.41. The van der Waals surface area contributed by atoms with Crippen molar-refractivity contribution in [3.63, 3.8) is 0 Å². The number of carbonyl (C=O) groups is 1. The minimum Gasteiger partial charge on any atom is -0.385 e. The Labute approximate surface area is 108 Å². The Morgan fingerprint density at radius 2 is 2.28 bits per heavy atom. The highest BCUT2D eigenvalue weighted by molar-refractivity contribution is 5.97. The smallest absolute Gasteiger partial charge is 0.263 e. The van der Waals surface area contributed by atoms with Gasteiger partial charge in [0.05, 0.1) is 6.10 Å². The fraction of sp³-hybridized carbons (Fsp3) is 0.692. The van der Waals surface area contributed by atoms with Crippen molar-refractivity contribution in [3.8, 4) is 6.07 Å². The minimum atomic E-state index is -0.357. The quantitative estimate of drug-likeness (QED) is 0.579. The van der Waals surface area contributed by atoms with Gasteiger partial charge in [0.1, 0.15) is 11.6 Å². The first kappa shape index (κ1) is 14.5. The van der Waals surface area contributed by atoms with Crippen molar-refractivity contribution in [2.24, 2.45) is 0 Å². The number of amides is 1. The fourth-order valence-electron chi connectivity index (χ4n) is 1.54. The number of hydrogen-bond acceptors (Lipinski definition) is 4. The molecule has 1 aliphatic rings. The Balaban J connectivity index is 2.44. The molecular formula is C13H21N3O2. The van der Waals surface area contributed by atoms with Gasteiger partial charge in [-0.1, -0.05) is 0 Å². The van der Waals surface area contributed by atoms with Crippen molar-refractivity contribution in [1.29, 1.82) is 5.26 Å². The molecule has 1 atom stereocenters. The highest BCUT2D eigenvalue weighted by Crippen LogP contribution is 2.10. The van der Waals surface area contributed by atoms with E-state index in [4.69, 9.17) is 10.00 Å². The van der Waals surface area contributed by atoms with Gasteiger partial charge in [0.15, 0.2) is 0 Å². The van der Waals surface area contributed by atoms with Crippen molar-refractivity contribution in [1.82, 2.24) is 10.6 Å². The zero-order valence-corrected chi connectivity index (χ0v) is 11.2. The second-order valence-electron chi connectivity index (χ2n) is 5.41. The lowest BCUT2D eigenvalue weighted by Crippen LogP contribution is -2.35. The zero-order chi connectivity index (χ0) is 13.6. The molecule has 0 aromatic rings. The molecule has 5 nitrogen and oxygen atoms in total. The van der Waals surface area contributed by atoms with E-state index in [0.29, 0.717) is 6.54 Å². The molecule has 5 heteroatoms. The van der Waals surface area contributed by atoms with Crippen LogP contribution in [-0.4, -0.2) is 30.7 Å². The standard InChI is InChI=1S/C13H21N3O2/c1-13(2,3)16-8-10(7-14)12(17)15-9-11-5-4-6-18-11/h8,11,16H,4-6,9H2,1-3H3,(H,15,17)/b10-8-. The van der Waals surface area contributed by atoms with Gasteiger partial charge in [0.25, 0.3) is 5.91 Å². The van der Waals surface area contributed by atoms with Gasteiger partial charge in [-0.3, -0.25) is 4.79 Å². The largest absolute Gasteiger partial charge is 0.385 e. The van der Waals surface area contributed by atoms with Gasteiger partial charge in [0.2, 0.25) is 0 Å². The summed E-state index contributed by atoms with van der Waals surface area (Å²) in [6.45, 7) is 7.11. The van der Waals surface area contributed by atoms with E-state index < -0.39 is 0 Å². The van der Waals surface area contributed by atoms with Crippen LogP contribution in [0.3, 0.4) is 0 Å². The molecule has 18 heavy (non-hydrogen) atoms. The number of nitrogens with one attached hydrogen (secondary N) is 2. The molecule has 0 aliphatic carbocycles. The summed E-state index contributed by atoms with van der Waals surface area (Å²) in [6.07, 6.45) is 3.55. The summed E-state index contributed by atoms with van der Waals surface area (Å²) in [4.78, 5) is 11.8. The SMILES string of the molecule is CC(C)(C)N/C=C(/C#N)C(=O)NCC1CCCO1. The molecule has 0 bridgehead atoms. The van der Waals surface area contributed by atoms with E-state index in [1.165, 1.54) is 6.20 Å². The normalized spacial score (nSPS) is 20.3. The summed E-state index contributed by atoms with van der Waals surface area (Å²) < 4.78 is 5.40. The van der Waals surface area contributed by atoms with Crippen LogP contribution in [0.15, 0.2) is 11.8 Å². The van der Waals surface area contributed by atoms with Crippen molar-refractivity contribution in [2.75, 3.05) is 13.2 Å². The van der Waals surface area contributed by atoms with Gasteiger partial charge in [-0.2, -0.15) is 5.26 Å². The van der Waals surface area contributed by atoms with Gasteiger partial charge in [-0.25, -0.2) is 0 Å². The third-order valence-corrected chi connectivity index (χ3v) is 2.53. The van der Waals surface area contributed by atoms with Crippen LogP contribution in [0.25, 0.3) is 0 Å². The van der Waals surface area contributed by atoms with Crippen LogP contribution in [0.1, 0.15) is 33.6 Å². The first-order valence-corrected chi connectivity index (χ1v) is 6.20. The van der Waals surface area contributed by atoms with E-state index in [0.717, 1.165) is 19.4 Å². The van der Waals surface area contributed by atoms with E-state index in [-0.39, 0.29) is 23.1 Å². The molecule has 1 saturated heterocycles. The highest BCUT2D eigenvalue weighted by atomic mass is 16.5. The molecule has 1 amide bonds. The lowest BCUT2D eigenvalue weighted by atomic mass is 10.1. The Morgan fingerprint density at radius 1 is 1.56 bits per heavy atom. The average molecular weight is 251 g/mol. The number of hydrogen-bond donors (Lipinski definition) is 2. The third-order valence-electron chi connectivity index (χ3n) is 2.53. The van der Waals surface area contributed by atoms with Crippen molar-refractivity contribution in [2.45, 2.75) is 45.3 Å². The van der Waals surface area contributed by atoms with Crippen LogP contribution in [0, 0.1) is 11.3 Å². The van der Waals surface area contributed by atoms with Gasteiger partial charge < -0.3 is 15.4 Å². The van der Waals surface area contributed by atoms with Gasteiger partial charge in [0, 0.05) is 24.9 Å². The van der Waals surface area contributed by atoms with Crippen LogP contribution in [0.4, 0.5) is 0 Å². The molecular weight excluding hydrogens is 230 g/mol. The molecule has 0 radical (unpaired) electrons. The number of carbonyl (C=O) groups excluding carboxylic acids is 1. The highest BCUT2D eigenvalue weighted by Gasteiger charge is 2.18. The molecule has 2 N–H and O–H groups in total. The Bertz CT molecular complexity index is 357. The molecule has 1 unspecified atom stereocenters. The van der Waals surface area contributed by atoms with E-state index in [1.807, 2.05) is 26.8 Å². The molecule has 1 rings (SSSR count). The topological polar surface area (TPSA) is 74.2 Å². The number of rotatable bonds is 4. The lowest BCUT2D eigenvalue weighted by molar-refractivity contribution is -0.117. The van der Waals surface area contributed by atoms with Crippen LogP contribution in [0.5, 0.6) is 0 Å². The predicted octanol–water partition coefficient (Wildman–Crippen LogP) is 1.08. The first-order valence-electron chi connectivity index (χ1n) is 6.20. The van der Waals surface area contributed by atoms with E-state index in [1.54, 1.807) is 0 Å². The molecule has 0 aromatic carbocycles. The molecule has 1 heterocycles. The van der Waals surface area contributed by atoms with Crippen molar-refractivity contribution >= 4 is 5.91 Å². The number of nitrogens with zero attached hydrogens (tertiary/aromatic N) is 1. The summed E-state index contributed by atoms with van der Waals surface area (Å²) >= 11 is 0. The Hall–Kier alpha value is -1.54. The molecule has 0 spiro atoms. The molecule has 100 valence electrons. The molecule has 1 aliphatic heterocycles. The Morgan fingerprint density at radius 3 is 2.78 bits per heavy atom. The number of nitriles is 1. The summed E-state index contributed by atoms with van der Waals surface area (Å²) in [6, 6.07) is 1.90. The minimum absolute atomic E-state index is 0.0860. The fourth-order valence-corrected chi connectivity index (χ4v) is 1.54. The molecule has 1 fully saturated rings.